The maximum absolute atomic E-state index is 13.0. The van der Waals surface area contributed by atoms with E-state index in [9.17, 15) is 13.2 Å². The van der Waals surface area contributed by atoms with Crippen molar-refractivity contribution < 1.29 is 13.2 Å². The predicted octanol–water partition coefficient (Wildman–Crippen LogP) is 4.26. The Kier molecular flexibility index (Phi) is 5.74. The summed E-state index contributed by atoms with van der Waals surface area (Å²) in [6, 6.07) is 5.67. The van der Waals surface area contributed by atoms with Crippen LogP contribution in [0, 0.1) is 6.92 Å². The van der Waals surface area contributed by atoms with Gasteiger partial charge in [0.15, 0.2) is 5.96 Å². The van der Waals surface area contributed by atoms with Crippen LogP contribution in [0.5, 0.6) is 0 Å². The van der Waals surface area contributed by atoms with Crippen molar-refractivity contribution in [1.29, 1.82) is 0 Å². The van der Waals surface area contributed by atoms with Gasteiger partial charge in [0.25, 0.3) is 0 Å². The van der Waals surface area contributed by atoms with Crippen LogP contribution in [0.25, 0.3) is 0 Å². The van der Waals surface area contributed by atoms with Crippen molar-refractivity contribution in [2.45, 2.75) is 44.8 Å². The summed E-state index contributed by atoms with van der Waals surface area (Å²) in [4.78, 5) is 9.98. The maximum atomic E-state index is 13.0. The third-order valence-electron chi connectivity index (χ3n) is 4.64. The minimum absolute atomic E-state index is 0.255. The molecular formula is C19H23F3N4S. The van der Waals surface area contributed by atoms with E-state index in [0.29, 0.717) is 25.6 Å². The third-order valence-corrected chi connectivity index (χ3v) is 5.53. The molecule has 1 aliphatic rings. The fraction of sp³-hybridized carbons (Fsp3) is 0.474. The molecule has 0 saturated heterocycles. The lowest BCUT2D eigenvalue weighted by Gasteiger charge is -2.20. The molecule has 1 aromatic heterocycles. The lowest BCUT2D eigenvalue weighted by Crippen LogP contribution is -2.41. The monoisotopic (exact) mass is 396 g/mol. The van der Waals surface area contributed by atoms with Crippen molar-refractivity contribution in [3.05, 3.63) is 51.5 Å². The highest BCUT2D eigenvalue weighted by molar-refractivity contribution is 7.11. The van der Waals surface area contributed by atoms with E-state index in [1.807, 2.05) is 20.0 Å². The van der Waals surface area contributed by atoms with Crippen LogP contribution in [0.2, 0.25) is 0 Å². The normalized spacial score (nSPS) is 16.3. The van der Waals surface area contributed by atoms with E-state index in [1.165, 1.54) is 12.1 Å². The molecule has 146 valence electrons. The Balaban J connectivity index is 1.68. The first-order chi connectivity index (χ1) is 12.8. The van der Waals surface area contributed by atoms with Gasteiger partial charge >= 0.3 is 6.18 Å². The molecule has 2 aromatic rings. The summed E-state index contributed by atoms with van der Waals surface area (Å²) in [5, 5.41) is 7.41. The molecule has 0 atom stereocenters. The second kappa shape index (κ2) is 7.88. The average Bonchev–Trinajstić information content (AvgIpc) is 3.31. The van der Waals surface area contributed by atoms with E-state index in [-0.39, 0.29) is 5.41 Å². The number of alkyl halides is 3. The molecule has 3 rings (SSSR count). The molecule has 0 aliphatic heterocycles. The Morgan fingerprint density at radius 2 is 2.07 bits per heavy atom. The number of aromatic nitrogens is 1. The van der Waals surface area contributed by atoms with Crippen molar-refractivity contribution in [2.75, 3.05) is 13.1 Å². The van der Waals surface area contributed by atoms with Crippen LogP contribution < -0.4 is 10.6 Å². The minimum atomic E-state index is -4.32. The minimum Gasteiger partial charge on any atom is -0.357 e. The Bertz CT molecular complexity index is 809. The molecule has 1 aliphatic carbocycles. The first kappa shape index (κ1) is 19.7. The summed E-state index contributed by atoms with van der Waals surface area (Å²) in [7, 11) is 0. The molecule has 1 saturated carbocycles. The smallest absolute Gasteiger partial charge is 0.357 e. The molecule has 1 fully saturated rings. The fourth-order valence-corrected chi connectivity index (χ4v) is 3.67. The van der Waals surface area contributed by atoms with E-state index >= 15 is 0 Å². The van der Waals surface area contributed by atoms with Gasteiger partial charge in [0.1, 0.15) is 5.01 Å². The highest BCUT2D eigenvalue weighted by Gasteiger charge is 2.45. The number of rotatable bonds is 6. The number of halogens is 3. The summed E-state index contributed by atoms with van der Waals surface area (Å²) in [6.07, 6.45) is -0.761. The van der Waals surface area contributed by atoms with Gasteiger partial charge in [-0.25, -0.2) is 9.98 Å². The molecule has 0 unspecified atom stereocenters. The fourth-order valence-electron chi connectivity index (χ4n) is 2.96. The number of nitrogens with one attached hydrogen (secondary N) is 2. The van der Waals surface area contributed by atoms with Gasteiger partial charge in [0, 0.05) is 29.6 Å². The molecule has 8 heteroatoms. The number of benzene rings is 1. The molecule has 4 nitrogen and oxygen atoms in total. The highest BCUT2D eigenvalue weighted by Crippen LogP contribution is 2.48. The van der Waals surface area contributed by atoms with Crippen molar-refractivity contribution >= 4 is 17.3 Å². The molecule has 2 N–H and O–H groups in total. The summed E-state index contributed by atoms with van der Waals surface area (Å²) in [5.74, 6) is 0.656. The Hall–Kier alpha value is -2.09. The van der Waals surface area contributed by atoms with Crippen LogP contribution in [0.3, 0.4) is 0 Å². The zero-order valence-electron chi connectivity index (χ0n) is 15.4. The van der Waals surface area contributed by atoms with E-state index in [1.54, 1.807) is 17.4 Å². The van der Waals surface area contributed by atoms with E-state index in [2.05, 4.69) is 20.6 Å². The van der Waals surface area contributed by atoms with Crippen LogP contribution in [0.15, 0.2) is 35.5 Å². The molecule has 0 bridgehead atoms. The Labute approximate surface area is 160 Å². The molecule has 0 spiro atoms. The Morgan fingerprint density at radius 1 is 1.30 bits per heavy atom. The summed E-state index contributed by atoms with van der Waals surface area (Å²) in [5.41, 5.74) is -0.114. The Morgan fingerprint density at radius 3 is 2.67 bits per heavy atom. The lowest BCUT2D eigenvalue weighted by atomic mass is 9.94. The van der Waals surface area contributed by atoms with Crippen LogP contribution in [0.4, 0.5) is 13.2 Å². The van der Waals surface area contributed by atoms with Gasteiger partial charge in [-0.3, -0.25) is 0 Å². The van der Waals surface area contributed by atoms with Crippen molar-refractivity contribution in [3.8, 4) is 0 Å². The van der Waals surface area contributed by atoms with Gasteiger partial charge in [0.2, 0.25) is 0 Å². The van der Waals surface area contributed by atoms with Crippen molar-refractivity contribution in [1.82, 2.24) is 15.6 Å². The number of thiazole rings is 1. The van der Waals surface area contributed by atoms with Gasteiger partial charge in [-0.05, 0) is 38.3 Å². The quantitative estimate of drug-likeness (QED) is 0.567. The zero-order valence-corrected chi connectivity index (χ0v) is 16.2. The van der Waals surface area contributed by atoms with Crippen LogP contribution >= 0.6 is 11.3 Å². The number of guanidine groups is 1. The van der Waals surface area contributed by atoms with Crippen LogP contribution in [0.1, 0.15) is 40.8 Å². The number of nitrogens with zero attached hydrogens (tertiary/aromatic N) is 2. The molecule has 0 amide bonds. The van der Waals surface area contributed by atoms with E-state index in [0.717, 1.165) is 34.4 Å². The molecule has 1 heterocycles. The van der Waals surface area contributed by atoms with Gasteiger partial charge in [-0.1, -0.05) is 18.2 Å². The molecule has 0 radical (unpaired) electrons. The third kappa shape index (κ3) is 5.00. The molecule has 1 aromatic carbocycles. The maximum Gasteiger partial charge on any atom is 0.416 e. The summed E-state index contributed by atoms with van der Waals surface area (Å²) >= 11 is 1.60. The second-order valence-corrected chi connectivity index (χ2v) is 8.09. The molecular weight excluding hydrogens is 373 g/mol. The van der Waals surface area contributed by atoms with Crippen LogP contribution in [-0.4, -0.2) is 24.0 Å². The lowest BCUT2D eigenvalue weighted by molar-refractivity contribution is -0.137. The number of aryl methyl sites for hydroxylation is 1. The largest absolute Gasteiger partial charge is 0.416 e. The van der Waals surface area contributed by atoms with Gasteiger partial charge in [0.05, 0.1) is 12.1 Å². The summed E-state index contributed by atoms with van der Waals surface area (Å²) < 4.78 is 39.0. The SMILES string of the molecule is CCNC(=NCc1ncc(C)s1)NCC1(c2cccc(C(F)(F)F)c2)CC1. The first-order valence-electron chi connectivity index (χ1n) is 8.94. The van der Waals surface area contributed by atoms with Gasteiger partial charge in [-0.2, -0.15) is 13.2 Å². The second-order valence-electron chi connectivity index (χ2n) is 6.77. The molecule has 27 heavy (non-hydrogen) atoms. The number of aliphatic imine (C=N–C) groups is 1. The number of hydrogen-bond acceptors (Lipinski definition) is 3. The topological polar surface area (TPSA) is 49.3 Å². The van der Waals surface area contributed by atoms with Crippen molar-refractivity contribution in [2.24, 2.45) is 4.99 Å². The van der Waals surface area contributed by atoms with Gasteiger partial charge in [-0.15, -0.1) is 11.3 Å². The first-order valence-corrected chi connectivity index (χ1v) is 9.75. The zero-order chi connectivity index (χ0) is 19.5. The number of hydrogen-bond donors (Lipinski definition) is 2. The predicted molar refractivity (Wildman–Crippen MR) is 102 cm³/mol. The summed E-state index contributed by atoms with van der Waals surface area (Å²) in [6.45, 7) is 5.71. The average molecular weight is 396 g/mol. The van der Waals surface area contributed by atoms with Crippen LogP contribution in [-0.2, 0) is 18.1 Å². The van der Waals surface area contributed by atoms with Crippen molar-refractivity contribution in [3.63, 3.8) is 0 Å². The van der Waals surface area contributed by atoms with E-state index < -0.39 is 11.7 Å². The van der Waals surface area contributed by atoms with Gasteiger partial charge < -0.3 is 10.6 Å². The standard InChI is InChI=1S/C19H23F3N4S/c1-3-23-17(25-11-16-24-10-13(2)27-16)26-12-18(7-8-18)14-5-4-6-15(9-14)19(20,21)22/h4-6,9-10H,3,7-8,11-12H2,1-2H3,(H2,23,25,26). The highest BCUT2D eigenvalue weighted by atomic mass is 32.1. The van der Waals surface area contributed by atoms with E-state index in [4.69, 9.17) is 0 Å².